The lowest BCUT2D eigenvalue weighted by atomic mass is 10.1. The number of hydrogen-bond acceptors (Lipinski definition) is 9. The Morgan fingerprint density at radius 3 is 2.61 bits per heavy atom. The number of anilines is 3. The molecule has 0 bridgehead atoms. The average molecular weight is 581 g/mol. The second-order valence-corrected chi connectivity index (χ2v) is 10.8. The van der Waals surface area contributed by atoms with E-state index in [-0.39, 0.29) is 23.8 Å². The standard InChI is InChI=1S/C30H34F2N6O2S/c1-19-14-20(2)26(38-12-7-13-41-38)16-25(19)36-22(4)28(39)10-11-35-37(18-33-5)27-17-34-29(15-21(27)3)40-30-23(31)8-6-9-24(30)32/h6,8-9,11,14-17,33,36H,4,7,10,12-13,18H2,1-3,5H3/b35-11-. The third-order valence-electron chi connectivity index (χ3n) is 6.45. The van der Waals surface area contributed by atoms with Crippen molar-refractivity contribution < 1.29 is 18.3 Å². The second-order valence-electron chi connectivity index (χ2n) is 9.64. The fraction of sp³-hybridized carbons (Fsp3) is 0.300. The first-order valence-corrected chi connectivity index (χ1v) is 14.2. The van der Waals surface area contributed by atoms with Crippen LogP contribution in [0.15, 0.2) is 60.0 Å². The SMILES string of the molecule is C=C(Nc1cc(N2CCCS2)c(C)cc1C)C(=O)C/C=N\N(CNC)c1cnc(Oc2c(F)cccc2F)cc1C. The number of para-hydroxylation sites is 1. The maximum Gasteiger partial charge on any atom is 0.219 e. The van der Waals surface area contributed by atoms with Crippen molar-refractivity contribution in [3.8, 4) is 11.6 Å². The highest BCUT2D eigenvalue weighted by atomic mass is 32.2. The molecule has 8 nitrogen and oxygen atoms in total. The summed E-state index contributed by atoms with van der Waals surface area (Å²) < 4.78 is 35.6. The largest absolute Gasteiger partial charge is 0.433 e. The first-order chi connectivity index (χ1) is 19.7. The zero-order chi connectivity index (χ0) is 29.5. The number of nitrogens with one attached hydrogen (secondary N) is 2. The summed E-state index contributed by atoms with van der Waals surface area (Å²) in [5.74, 6) is -1.21. The van der Waals surface area contributed by atoms with Gasteiger partial charge in [-0.15, -0.1) is 0 Å². The van der Waals surface area contributed by atoms with Gasteiger partial charge in [0.15, 0.2) is 17.4 Å². The van der Waals surface area contributed by atoms with Crippen molar-refractivity contribution in [3.05, 3.63) is 83.2 Å². The Balaban J connectivity index is 1.41. The van der Waals surface area contributed by atoms with Crippen LogP contribution in [0.25, 0.3) is 0 Å². The molecule has 0 saturated carbocycles. The number of aromatic nitrogens is 1. The topological polar surface area (TPSA) is 82.1 Å². The van der Waals surface area contributed by atoms with Gasteiger partial charge in [0.25, 0.3) is 0 Å². The first-order valence-electron chi connectivity index (χ1n) is 13.2. The number of ether oxygens (including phenoxy) is 1. The molecule has 4 rings (SSSR count). The van der Waals surface area contributed by atoms with E-state index < -0.39 is 17.4 Å². The molecule has 2 aromatic carbocycles. The molecule has 1 aromatic heterocycles. The van der Waals surface area contributed by atoms with Crippen molar-refractivity contribution in [2.45, 2.75) is 33.6 Å². The molecule has 1 fully saturated rings. The van der Waals surface area contributed by atoms with Crippen LogP contribution in [0, 0.1) is 32.4 Å². The van der Waals surface area contributed by atoms with Gasteiger partial charge in [-0.1, -0.05) is 18.7 Å². The molecule has 216 valence electrons. The third-order valence-corrected chi connectivity index (χ3v) is 7.62. The Labute approximate surface area is 243 Å². The number of hydrazone groups is 1. The number of aryl methyl sites for hydroxylation is 3. The quantitative estimate of drug-likeness (QED) is 0.0827. The molecule has 0 amide bonds. The number of nitrogens with zero attached hydrogens (tertiary/aromatic N) is 4. The lowest BCUT2D eigenvalue weighted by Gasteiger charge is -2.22. The number of rotatable bonds is 12. The molecule has 0 atom stereocenters. The molecule has 11 heteroatoms. The number of hydrogen-bond donors (Lipinski definition) is 2. The summed E-state index contributed by atoms with van der Waals surface area (Å²) in [6.45, 7) is 11.2. The van der Waals surface area contributed by atoms with Crippen LogP contribution in [-0.4, -0.2) is 43.0 Å². The van der Waals surface area contributed by atoms with Gasteiger partial charge in [-0.05, 0) is 81.1 Å². The molecule has 0 spiro atoms. The van der Waals surface area contributed by atoms with Gasteiger partial charge in [-0.25, -0.2) is 18.8 Å². The Bertz CT molecular complexity index is 1440. The number of ketones is 1. The maximum absolute atomic E-state index is 14.0. The molecule has 1 aliphatic rings. The highest BCUT2D eigenvalue weighted by Crippen LogP contribution is 2.35. The van der Waals surface area contributed by atoms with Crippen LogP contribution in [0.1, 0.15) is 29.5 Å². The summed E-state index contributed by atoms with van der Waals surface area (Å²) in [5.41, 5.74) is 5.84. The molecule has 0 radical (unpaired) electrons. The van der Waals surface area contributed by atoms with Crippen LogP contribution in [0.2, 0.25) is 0 Å². The minimum absolute atomic E-state index is 0.0338. The molecule has 0 unspecified atom stereocenters. The predicted molar refractivity (Wildman–Crippen MR) is 163 cm³/mol. The first kappa shape index (κ1) is 30.0. The summed E-state index contributed by atoms with van der Waals surface area (Å²) >= 11 is 1.82. The number of Topliss-reactive ketones (excluding diaryl/α,β-unsaturated/α-hetero) is 1. The Kier molecular flexibility index (Phi) is 9.95. The number of benzene rings is 2. The van der Waals surface area contributed by atoms with E-state index in [0.29, 0.717) is 17.9 Å². The molecule has 3 aromatic rings. The molecule has 2 N–H and O–H groups in total. The van der Waals surface area contributed by atoms with E-state index in [1.807, 2.05) is 18.9 Å². The van der Waals surface area contributed by atoms with E-state index in [1.54, 1.807) is 25.0 Å². The maximum atomic E-state index is 14.0. The van der Waals surface area contributed by atoms with E-state index in [9.17, 15) is 13.6 Å². The number of pyridine rings is 1. The van der Waals surface area contributed by atoms with Gasteiger partial charge in [0, 0.05) is 36.7 Å². The number of allylic oxidation sites excluding steroid dienone is 1. The van der Waals surface area contributed by atoms with Crippen molar-refractivity contribution >= 4 is 41.0 Å². The lowest BCUT2D eigenvalue weighted by molar-refractivity contribution is -0.114. The van der Waals surface area contributed by atoms with Crippen molar-refractivity contribution in [1.82, 2.24) is 10.3 Å². The third kappa shape index (κ3) is 7.42. The zero-order valence-corrected chi connectivity index (χ0v) is 24.4. The van der Waals surface area contributed by atoms with Crippen molar-refractivity contribution in [3.63, 3.8) is 0 Å². The molecule has 2 heterocycles. The van der Waals surface area contributed by atoms with Gasteiger partial charge in [-0.2, -0.15) is 5.10 Å². The molecular formula is C30H34F2N6O2S. The van der Waals surface area contributed by atoms with Gasteiger partial charge in [-0.3, -0.25) is 4.79 Å². The van der Waals surface area contributed by atoms with Crippen LogP contribution in [0.4, 0.5) is 25.8 Å². The van der Waals surface area contributed by atoms with E-state index in [0.717, 1.165) is 47.8 Å². The fourth-order valence-electron chi connectivity index (χ4n) is 4.33. The Morgan fingerprint density at radius 1 is 1.20 bits per heavy atom. The predicted octanol–water partition coefficient (Wildman–Crippen LogP) is 6.49. The molecule has 41 heavy (non-hydrogen) atoms. The van der Waals surface area contributed by atoms with Gasteiger partial charge in [0.1, 0.15) is 0 Å². The van der Waals surface area contributed by atoms with Crippen LogP contribution in [-0.2, 0) is 4.79 Å². The summed E-state index contributed by atoms with van der Waals surface area (Å²) in [6.07, 6.45) is 4.19. The second kappa shape index (κ2) is 13.6. The normalized spacial score (nSPS) is 13.1. The number of carbonyl (C=O) groups excluding carboxylic acids is 1. The van der Waals surface area contributed by atoms with Gasteiger partial charge >= 0.3 is 0 Å². The van der Waals surface area contributed by atoms with E-state index in [4.69, 9.17) is 4.74 Å². The minimum atomic E-state index is -0.820. The number of halogens is 2. The van der Waals surface area contributed by atoms with E-state index >= 15 is 0 Å². The summed E-state index contributed by atoms with van der Waals surface area (Å²) in [5, 5.41) is 12.3. The van der Waals surface area contributed by atoms with Crippen molar-refractivity contribution in [1.29, 1.82) is 0 Å². The van der Waals surface area contributed by atoms with Gasteiger partial charge in [0.05, 0.1) is 29.9 Å². The highest BCUT2D eigenvalue weighted by Gasteiger charge is 2.18. The Hall–Kier alpha value is -3.96. The van der Waals surface area contributed by atoms with Crippen molar-refractivity contribution in [2.75, 3.05) is 40.6 Å². The lowest BCUT2D eigenvalue weighted by Crippen LogP contribution is -2.28. The van der Waals surface area contributed by atoms with Crippen molar-refractivity contribution in [2.24, 2.45) is 5.10 Å². The molecule has 1 aliphatic heterocycles. The van der Waals surface area contributed by atoms with E-state index in [2.05, 4.69) is 50.7 Å². The monoisotopic (exact) mass is 580 g/mol. The van der Waals surface area contributed by atoms with Gasteiger partial charge < -0.3 is 19.7 Å². The highest BCUT2D eigenvalue weighted by molar-refractivity contribution is 8.00. The summed E-state index contributed by atoms with van der Waals surface area (Å²) in [4.78, 5) is 17.1. The summed E-state index contributed by atoms with van der Waals surface area (Å²) in [6, 6.07) is 9.24. The van der Waals surface area contributed by atoms with E-state index in [1.165, 1.54) is 24.0 Å². The smallest absolute Gasteiger partial charge is 0.219 e. The van der Waals surface area contributed by atoms with Gasteiger partial charge in [0.2, 0.25) is 11.6 Å². The zero-order valence-electron chi connectivity index (χ0n) is 23.6. The number of carbonyl (C=O) groups is 1. The molecule has 0 aliphatic carbocycles. The fourth-order valence-corrected chi connectivity index (χ4v) is 5.40. The van der Waals surface area contributed by atoms with Crippen LogP contribution >= 0.6 is 11.9 Å². The van der Waals surface area contributed by atoms with Crippen LogP contribution < -0.4 is 24.7 Å². The summed E-state index contributed by atoms with van der Waals surface area (Å²) in [7, 11) is 1.76. The van der Waals surface area contributed by atoms with Crippen LogP contribution in [0.3, 0.4) is 0 Å². The average Bonchev–Trinajstić information content (AvgIpc) is 3.47. The molecular weight excluding hydrogens is 546 g/mol. The van der Waals surface area contributed by atoms with Crippen LogP contribution in [0.5, 0.6) is 11.6 Å². The minimum Gasteiger partial charge on any atom is -0.433 e. The molecule has 1 saturated heterocycles. The Morgan fingerprint density at radius 2 is 1.95 bits per heavy atom.